The summed E-state index contributed by atoms with van der Waals surface area (Å²) in [5.41, 5.74) is 13.0. The summed E-state index contributed by atoms with van der Waals surface area (Å²) in [6.07, 6.45) is 0.755. The molecule has 0 rings (SSSR count). The Morgan fingerprint density at radius 3 is 2.85 bits per heavy atom. The second-order valence-corrected chi connectivity index (χ2v) is 2.64. The molecule has 0 spiro atoms. The van der Waals surface area contributed by atoms with Gasteiger partial charge in [0, 0.05) is 11.5 Å². The molecule has 0 radical (unpaired) electrons. The van der Waals surface area contributed by atoms with Gasteiger partial charge >= 0.3 is 0 Å². The highest BCUT2D eigenvalue weighted by Crippen LogP contribution is 1.91. The third kappa shape index (κ3) is 7.11. The summed E-state index contributed by atoms with van der Waals surface area (Å²) in [6.45, 7) is 4.20. The summed E-state index contributed by atoms with van der Waals surface area (Å²) >= 11 is 0. The first-order valence-corrected chi connectivity index (χ1v) is 4.22. The van der Waals surface area contributed by atoms with Gasteiger partial charge in [0.05, 0.1) is 6.54 Å². The van der Waals surface area contributed by atoms with E-state index in [1.807, 2.05) is 11.8 Å². The van der Waals surface area contributed by atoms with Crippen LogP contribution in [0.2, 0.25) is 0 Å². The predicted molar refractivity (Wildman–Crippen MR) is 49.9 cm³/mol. The van der Waals surface area contributed by atoms with Crippen molar-refractivity contribution in [1.82, 2.24) is 4.90 Å². The molecular weight excluding hydrogens is 170 g/mol. The maximum Gasteiger partial charge on any atom is 0.231 e. The SMILES string of the molecule is CCN(CCCN=[N+]=[N-])CC(N)=O. The molecule has 0 fully saturated rings. The van der Waals surface area contributed by atoms with Crippen molar-refractivity contribution in [3.05, 3.63) is 10.4 Å². The van der Waals surface area contributed by atoms with Gasteiger partial charge in [0.25, 0.3) is 0 Å². The minimum atomic E-state index is -0.328. The van der Waals surface area contributed by atoms with Gasteiger partial charge in [-0.05, 0) is 25.0 Å². The summed E-state index contributed by atoms with van der Waals surface area (Å²) in [5.74, 6) is -0.328. The first-order chi connectivity index (χ1) is 6.20. The Bertz CT molecular complexity index is 199. The zero-order chi connectivity index (χ0) is 10.1. The largest absolute Gasteiger partial charge is 0.369 e. The summed E-state index contributed by atoms with van der Waals surface area (Å²) in [4.78, 5) is 15.1. The number of nitrogens with two attached hydrogens (primary N) is 1. The van der Waals surface area contributed by atoms with Crippen molar-refractivity contribution in [3.63, 3.8) is 0 Å². The van der Waals surface area contributed by atoms with Crippen molar-refractivity contribution in [2.24, 2.45) is 10.8 Å². The second kappa shape index (κ2) is 7.39. The van der Waals surface area contributed by atoms with E-state index in [1.54, 1.807) is 0 Å². The lowest BCUT2D eigenvalue weighted by Gasteiger charge is -2.17. The number of amides is 1. The molecule has 0 bridgehead atoms. The smallest absolute Gasteiger partial charge is 0.231 e. The molecule has 6 heteroatoms. The van der Waals surface area contributed by atoms with Gasteiger partial charge < -0.3 is 5.73 Å². The number of likely N-dealkylation sites (N-methyl/N-ethyl adjacent to an activating group) is 1. The Morgan fingerprint density at radius 1 is 1.69 bits per heavy atom. The molecule has 0 atom stereocenters. The molecule has 6 nitrogen and oxygen atoms in total. The first kappa shape index (κ1) is 11.7. The molecule has 0 aromatic rings. The van der Waals surface area contributed by atoms with Gasteiger partial charge in [0.1, 0.15) is 0 Å². The maximum absolute atomic E-state index is 10.6. The van der Waals surface area contributed by atoms with Gasteiger partial charge in [0.15, 0.2) is 0 Å². The van der Waals surface area contributed by atoms with E-state index in [4.69, 9.17) is 11.3 Å². The monoisotopic (exact) mass is 185 g/mol. The van der Waals surface area contributed by atoms with Crippen molar-refractivity contribution in [2.75, 3.05) is 26.2 Å². The molecule has 0 aliphatic rings. The van der Waals surface area contributed by atoms with Gasteiger partial charge in [-0.1, -0.05) is 12.0 Å². The second-order valence-electron chi connectivity index (χ2n) is 2.64. The Labute approximate surface area is 77.3 Å². The molecule has 0 aliphatic heterocycles. The van der Waals surface area contributed by atoms with Gasteiger partial charge in [0.2, 0.25) is 5.91 Å². The van der Waals surface area contributed by atoms with Crippen LogP contribution in [0.3, 0.4) is 0 Å². The average molecular weight is 185 g/mol. The van der Waals surface area contributed by atoms with Crippen LogP contribution >= 0.6 is 0 Å². The molecule has 0 aromatic carbocycles. The summed E-state index contributed by atoms with van der Waals surface area (Å²) in [6, 6.07) is 0. The third-order valence-corrected chi connectivity index (χ3v) is 1.62. The fourth-order valence-corrected chi connectivity index (χ4v) is 0.979. The Morgan fingerprint density at radius 2 is 2.38 bits per heavy atom. The van der Waals surface area contributed by atoms with E-state index in [2.05, 4.69) is 10.0 Å². The van der Waals surface area contributed by atoms with Crippen LogP contribution < -0.4 is 5.73 Å². The zero-order valence-corrected chi connectivity index (χ0v) is 7.81. The van der Waals surface area contributed by atoms with Crippen LogP contribution in [0.25, 0.3) is 10.4 Å². The standard InChI is InChI=1S/C7H15N5O/c1-2-12(6-7(8)13)5-3-4-10-11-9/h2-6H2,1H3,(H2,8,13). The van der Waals surface area contributed by atoms with Crippen molar-refractivity contribution < 1.29 is 4.79 Å². The first-order valence-electron chi connectivity index (χ1n) is 4.22. The topological polar surface area (TPSA) is 95.1 Å². The van der Waals surface area contributed by atoms with Gasteiger partial charge in [-0.3, -0.25) is 9.69 Å². The number of primary amides is 1. The van der Waals surface area contributed by atoms with Crippen LogP contribution in [0.15, 0.2) is 5.11 Å². The van der Waals surface area contributed by atoms with Crippen molar-refractivity contribution in [1.29, 1.82) is 0 Å². The summed E-state index contributed by atoms with van der Waals surface area (Å²) in [7, 11) is 0. The minimum Gasteiger partial charge on any atom is -0.369 e. The number of nitrogens with zero attached hydrogens (tertiary/aromatic N) is 4. The number of rotatable bonds is 7. The molecule has 0 heterocycles. The van der Waals surface area contributed by atoms with Crippen LogP contribution in [0.1, 0.15) is 13.3 Å². The van der Waals surface area contributed by atoms with Crippen LogP contribution in [0.5, 0.6) is 0 Å². The number of carbonyl (C=O) groups is 1. The van der Waals surface area contributed by atoms with Crippen LogP contribution in [-0.4, -0.2) is 37.0 Å². The number of azide groups is 1. The molecule has 1 amide bonds. The van der Waals surface area contributed by atoms with Gasteiger partial charge in [-0.25, -0.2) is 0 Å². The fourth-order valence-electron chi connectivity index (χ4n) is 0.979. The van der Waals surface area contributed by atoms with Crippen LogP contribution in [0.4, 0.5) is 0 Å². The molecule has 0 aliphatic carbocycles. The Balaban J connectivity index is 3.58. The van der Waals surface area contributed by atoms with E-state index in [1.165, 1.54) is 0 Å². The zero-order valence-electron chi connectivity index (χ0n) is 7.81. The van der Waals surface area contributed by atoms with E-state index in [9.17, 15) is 4.79 Å². The maximum atomic E-state index is 10.6. The normalized spacial score (nSPS) is 9.69. The van der Waals surface area contributed by atoms with Crippen molar-refractivity contribution >= 4 is 5.91 Å². The number of hydrogen-bond donors (Lipinski definition) is 1. The fraction of sp³-hybridized carbons (Fsp3) is 0.857. The van der Waals surface area contributed by atoms with Crippen molar-refractivity contribution in [2.45, 2.75) is 13.3 Å². The molecule has 0 saturated heterocycles. The molecular formula is C7H15N5O. The lowest BCUT2D eigenvalue weighted by atomic mass is 10.3. The van der Waals surface area contributed by atoms with E-state index >= 15 is 0 Å². The molecule has 0 aromatic heterocycles. The molecule has 0 saturated carbocycles. The number of hydrogen-bond acceptors (Lipinski definition) is 3. The molecule has 2 N–H and O–H groups in total. The molecule has 13 heavy (non-hydrogen) atoms. The van der Waals surface area contributed by atoms with E-state index < -0.39 is 0 Å². The van der Waals surface area contributed by atoms with E-state index in [-0.39, 0.29) is 12.5 Å². The predicted octanol–water partition coefficient (Wildman–Crippen LogP) is 0.494. The molecule has 74 valence electrons. The summed E-state index contributed by atoms with van der Waals surface area (Å²) < 4.78 is 0. The third-order valence-electron chi connectivity index (χ3n) is 1.62. The highest BCUT2D eigenvalue weighted by molar-refractivity contribution is 5.75. The Kier molecular flexibility index (Phi) is 6.68. The highest BCUT2D eigenvalue weighted by atomic mass is 16.1. The van der Waals surface area contributed by atoms with E-state index in [0.29, 0.717) is 6.54 Å². The van der Waals surface area contributed by atoms with Crippen LogP contribution in [0, 0.1) is 0 Å². The van der Waals surface area contributed by atoms with Gasteiger partial charge in [-0.15, -0.1) is 0 Å². The van der Waals surface area contributed by atoms with Crippen LogP contribution in [-0.2, 0) is 4.79 Å². The Hall–Kier alpha value is -1.26. The quantitative estimate of drug-likeness (QED) is 0.270. The molecule has 0 unspecified atom stereocenters. The minimum absolute atomic E-state index is 0.271. The van der Waals surface area contributed by atoms with Crippen molar-refractivity contribution in [3.8, 4) is 0 Å². The summed E-state index contributed by atoms with van der Waals surface area (Å²) in [5, 5.41) is 3.39. The average Bonchev–Trinajstić information content (AvgIpc) is 2.09. The van der Waals surface area contributed by atoms with Gasteiger partial charge in [-0.2, -0.15) is 0 Å². The highest BCUT2D eigenvalue weighted by Gasteiger charge is 2.04. The van der Waals surface area contributed by atoms with E-state index in [0.717, 1.165) is 19.5 Å². The lowest BCUT2D eigenvalue weighted by Crippen LogP contribution is -2.34. The number of carbonyl (C=O) groups excluding carboxylic acids is 1. The lowest BCUT2D eigenvalue weighted by molar-refractivity contribution is -0.119.